The van der Waals surface area contributed by atoms with Crippen LogP contribution in [-0.4, -0.2) is 0 Å². The molecule has 0 saturated heterocycles. The van der Waals surface area contributed by atoms with E-state index in [-0.39, 0.29) is 0 Å². The van der Waals surface area contributed by atoms with Crippen molar-refractivity contribution in [2.24, 2.45) is 11.8 Å². The fraction of sp³-hybridized carbons (Fsp3) is 1.00. The van der Waals surface area contributed by atoms with Crippen LogP contribution < -0.4 is 0 Å². The van der Waals surface area contributed by atoms with Crippen molar-refractivity contribution in [2.75, 3.05) is 0 Å². The molecule has 1 saturated carbocycles. The van der Waals surface area contributed by atoms with Gasteiger partial charge in [0.05, 0.1) is 0 Å². The summed E-state index contributed by atoms with van der Waals surface area (Å²) in [6.45, 7) is 4.64. The van der Waals surface area contributed by atoms with Crippen LogP contribution in [0.1, 0.15) is 110 Å². The average molecular weight is 267 g/mol. The highest BCUT2D eigenvalue weighted by Gasteiger charge is 2.19. The van der Waals surface area contributed by atoms with Crippen LogP contribution in [0.3, 0.4) is 0 Å². The van der Waals surface area contributed by atoms with E-state index in [4.69, 9.17) is 0 Å². The SMILES string of the molecule is CCCCCCC(CCCCCC)CC1CCCC1. The Kier molecular flexibility index (Phi) is 10.6. The first kappa shape index (κ1) is 17.1. The summed E-state index contributed by atoms with van der Waals surface area (Å²) in [5.41, 5.74) is 0. The Labute approximate surface area is 122 Å². The normalized spacial score (nSPS) is 16.6. The van der Waals surface area contributed by atoms with Crippen LogP contribution in [0.4, 0.5) is 0 Å². The molecule has 0 aromatic rings. The molecule has 1 aliphatic carbocycles. The Hall–Kier alpha value is 0. The lowest BCUT2D eigenvalue weighted by molar-refractivity contribution is 0.319. The molecule has 1 rings (SSSR count). The van der Waals surface area contributed by atoms with Crippen LogP contribution in [-0.2, 0) is 0 Å². The molecule has 1 aliphatic rings. The topological polar surface area (TPSA) is 0 Å². The third-order valence-electron chi connectivity index (χ3n) is 5.07. The van der Waals surface area contributed by atoms with Crippen molar-refractivity contribution < 1.29 is 0 Å². The van der Waals surface area contributed by atoms with E-state index in [9.17, 15) is 0 Å². The van der Waals surface area contributed by atoms with Crippen molar-refractivity contribution in [3.63, 3.8) is 0 Å². The van der Waals surface area contributed by atoms with E-state index < -0.39 is 0 Å². The summed E-state index contributed by atoms with van der Waals surface area (Å²) in [6, 6.07) is 0. The molecule has 0 aromatic heterocycles. The maximum absolute atomic E-state index is 2.32. The van der Waals surface area contributed by atoms with Crippen LogP contribution in [0, 0.1) is 11.8 Å². The Balaban J connectivity index is 2.16. The molecule has 0 aliphatic heterocycles. The lowest BCUT2D eigenvalue weighted by Gasteiger charge is -2.20. The van der Waals surface area contributed by atoms with Gasteiger partial charge in [0.25, 0.3) is 0 Å². The summed E-state index contributed by atoms with van der Waals surface area (Å²) < 4.78 is 0. The van der Waals surface area contributed by atoms with E-state index in [2.05, 4.69) is 13.8 Å². The van der Waals surface area contributed by atoms with Gasteiger partial charge in [-0.05, 0) is 18.3 Å². The maximum atomic E-state index is 2.32. The molecule has 0 amide bonds. The van der Waals surface area contributed by atoms with Gasteiger partial charge in [-0.25, -0.2) is 0 Å². The smallest absolute Gasteiger partial charge is 0.0412 e. The molecular formula is C19H38. The van der Waals surface area contributed by atoms with Crippen LogP contribution in [0.15, 0.2) is 0 Å². The molecular weight excluding hydrogens is 228 g/mol. The fourth-order valence-electron chi connectivity index (χ4n) is 3.82. The van der Waals surface area contributed by atoms with Gasteiger partial charge in [0.15, 0.2) is 0 Å². The molecule has 0 aromatic carbocycles. The van der Waals surface area contributed by atoms with Gasteiger partial charge in [-0.1, -0.05) is 104 Å². The second-order valence-electron chi connectivity index (χ2n) is 6.95. The largest absolute Gasteiger partial charge is 0.0654 e. The Morgan fingerprint density at radius 2 is 1.26 bits per heavy atom. The van der Waals surface area contributed by atoms with E-state index in [1.54, 1.807) is 19.3 Å². The summed E-state index contributed by atoms with van der Waals surface area (Å²) in [5, 5.41) is 0. The zero-order valence-electron chi connectivity index (χ0n) is 13.8. The lowest BCUT2D eigenvalue weighted by Crippen LogP contribution is -2.07. The third kappa shape index (κ3) is 8.71. The predicted octanol–water partition coefficient (Wildman–Crippen LogP) is 7.12. The first-order valence-electron chi connectivity index (χ1n) is 9.36. The fourth-order valence-corrected chi connectivity index (χ4v) is 3.82. The predicted molar refractivity (Wildman–Crippen MR) is 87.6 cm³/mol. The first-order valence-corrected chi connectivity index (χ1v) is 9.36. The van der Waals surface area contributed by atoms with Gasteiger partial charge in [0.1, 0.15) is 0 Å². The van der Waals surface area contributed by atoms with Gasteiger partial charge in [-0.3, -0.25) is 0 Å². The van der Waals surface area contributed by atoms with Gasteiger partial charge in [-0.2, -0.15) is 0 Å². The van der Waals surface area contributed by atoms with Crippen molar-refractivity contribution in [1.82, 2.24) is 0 Å². The highest BCUT2D eigenvalue weighted by molar-refractivity contribution is 4.72. The van der Waals surface area contributed by atoms with Crippen molar-refractivity contribution in [3.8, 4) is 0 Å². The minimum atomic E-state index is 1.07. The molecule has 0 radical (unpaired) electrons. The van der Waals surface area contributed by atoms with Crippen LogP contribution in [0.25, 0.3) is 0 Å². The van der Waals surface area contributed by atoms with Crippen molar-refractivity contribution >= 4 is 0 Å². The Bertz CT molecular complexity index is 166. The highest BCUT2D eigenvalue weighted by atomic mass is 14.3. The molecule has 0 heterocycles. The van der Waals surface area contributed by atoms with Gasteiger partial charge in [-0.15, -0.1) is 0 Å². The average Bonchev–Trinajstić information content (AvgIpc) is 2.92. The summed E-state index contributed by atoms with van der Waals surface area (Å²) in [5.74, 6) is 2.17. The van der Waals surface area contributed by atoms with Crippen molar-refractivity contribution in [1.29, 1.82) is 0 Å². The highest BCUT2D eigenvalue weighted by Crippen LogP contribution is 2.34. The summed E-state index contributed by atoms with van der Waals surface area (Å²) in [4.78, 5) is 0. The summed E-state index contributed by atoms with van der Waals surface area (Å²) in [6.07, 6.45) is 22.4. The van der Waals surface area contributed by atoms with Crippen molar-refractivity contribution in [3.05, 3.63) is 0 Å². The van der Waals surface area contributed by atoms with Crippen LogP contribution in [0.5, 0.6) is 0 Å². The quantitative estimate of drug-likeness (QED) is 0.330. The summed E-state index contributed by atoms with van der Waals surface area (Å²) in [7, 11) is 0. The number of rotatable bonds is 12. The number of hydrogen-bond acceptors (Lipinski definition) is 0. The Morgan fingerprint density at radius 1 is 0.737 bits per heavy atom. The second-order valence-corrected chi connectivity index (χ2v) is 6.95. The first-order chi connectivity index (χ1) is 9.36. The van der Waals surface area contributed by atoms with E-state index in [0.29, 0.717) is 0 Å². The number of unbranched alkanes of at least 4 members (excludes halogenated alkanes) is 6. The zero-order chi connectivity index (χ0) is 13.8. The minimum absolute atomic E-state index is 1.07. The van der Waals surface area contributed by atoms with Gasteiger partial charge in [0, 0.05) is 0 Å². The standard InChI is InChI=1S/C19H38/c1-3-5-7-9-13-18(14-10-8-6-4-2)17-19-15-11-12-16-19/h18-19H,3-17H2,1-2H3. The minimum Gasteiger partial charge on any atom is -0.0654 e. The maximum Gasteiger partial charge on any atom is -0.0412 e. The molecule has 1 fully saturated rings. The zero-order valence-corrected chi connectivity index (χ0v) is 13.8. The van der Waals surface area contributed by atoms with E-state index in [1.165, 1.54) is 77.0 Å². The molecule has 0 nitrogen and oxygen atoms in total. The van der Waals surface area contributed by atoms with E-state index in [1.807, 2.05) is 0 Å². The monoisotopic (exact) mass is 266 g/mol. The molecule has 0 heteroatoms. The van der Waals surface area contributed by atoms with Crippen molar-refractivity contribution in [2.45, 2.75) is 110 Å². The van der Waals surface area contributed by atoms with Gasteiger partial charge < -0.3 is 0 Å². The molecule has 0 spiro atoms. The molecule has 0 unspecified atom stereocenters. The number of hydrogen-bond donors (Lipinski definition) is 0. The van der Waals surface area contributed by atoms with Gasteiger partial charge in [0.2, 0.25) is 0 Å². The molecule has 0 N–H and O–H groups in total. The molecule has 0 atom stereocenters. The second kappa shape index (κ2) is 11.8. The van der Waals surface area contributed by atoms with Gasteiger partial charge >= 0.3 is 0 Å². The Morgan fingerprint density at radius 3 is 1.74 bits per heavy atom. The molecule has 19 heavy (non-hydrogen) atoms. The van der Waals surface area contributed by atoms with E-state index in [0.717, 1.165) is 11.8 Å². The molecule has 114 valence electrons. The van der Waals surface area contributed by atoms with Crippen LogP contribution >= 0.6 is 0 Å². The summed E-state index contributed by atoms with van der Waals surface area (Å²) >= 11 is 0. The van der Waals surface area contributed by atoms with Crippen LogP contribution in [0.2, 0.25) is 0 Å². The third-order valence-corrected chi connectivity index (χ3v) is 5.07. The molecule has 0 bridgehead atoms. The van der Waals surface area contributed by atoms with E-state index >= 15 is 0 Å². The lowest BCUT2D eigenvalue weighted by atomic mass is 9.85.